The number of hydrogen-bond donors (Lipinski definition) is 1. The number of carbonyl (C=O) groups is 1. The summed E-state index contributed by atoms with van der Waals surface area (Å²) in [6.07, 6.45) is 7.10. The quantitative estimate of drug-likeness (QED) is 0.736. The van der Waals surface area contributed by atoms with Gasteiger partial charge in [0.2, 0.25) is 0 Å². The van der Waals surface area contributed by atoms with Crippen molar-refractivity contribution in [1.29, 1.82) is 0 Å². The lowest BCUT2D eigenvalue weighted by molar-refractivity contribution is 0.0922. The molecule has 0 bridgehead atoms. The fraction of sp³-hybridized carbons (Fsp3) is 0.333. The highest BCUT2D eigenvalue weighted by Gasteiger charge is 2.35. The lowest BCUT2D eigenvalue weighted by Crippen LogP contribution is -2.37. The number of nitrogens with one attached hydrogen (secondary N) is 1. The van der Waals surface area contributed by atoms with Crippen LogP contribution in [-0.2, 0) is 6.42 Å². The Hall–Kier alpha value is -2.60. The van der Waals surface area contributed by atoms with Crippen LogP contribution in [0.25, 0.3) is 11.4 Å². The van der Waals surface area contributed by atoms with Crippen LogP contribution >= 0.6 is 11.3 Å². The Balaban J connectivity index is 1.67. The molecule has 3 aromatic heterocycles. The second-order valence-corrected chi connectivity index (χ2v) is 8.75. The number of nitrogens with zero attached hydrogens (tertiary/aromatic N) is 3. The molecule has 0 aliphatic heterocycles. The molecular formula is C21H22N4OS. The Labute approximate surface area is 162 Å². The third-order valence-corrected chi connectivity index (χ3v) is 6.01. The number of carbonyl (C=O) groups excluding carboxylic acids is 1. The SMILES string of the molecule is Cc1ccsc1C(=O)N[C@H]1CC(C)(C)Cc2nc(-c3ccncc3)ncc21. The van der Waals surface area contributed by atoms with Crippen molar-refractivity contribution in [2.45, 2.75) is 39.7 Å². The zero-order chi connectivity index (χ0) is 19.0. The van der Waals surface area contributed by atoms with E-state index in [1.807, 2.05) is 36.7 Å². The van der Waals surface area contributed by atoms with Crippen LogP contribution in [0.15, 0.2) is 42.2 Å². The predicted molar refractivity (Wildman–Crippen MR) is 107 cm³/mol. The van der Waals surface area contributed by atoms with Gasteiger partial charge in [-0.3, -0.25) is 9.78 Å². The van der Waals surface area contributed by atoms with E-state index >= 15 is 0 Å². The molecule has 3 aromatic rings. The zero-order valence-corrected chi connectivity index (χ0v) is 16.5. The molecule has 6 heteroatoms. The Kier molecular flexibility index (Phi) is 4.52. The molecule has 1 N–H and O–H groups in total. The van der Waals surface area contributed by atoms with Gasteiger partial charge in [-0.05, 0) is 54.3 Å². The minimum atomic E-state index is -0.0794. The molecule has 1 amide bonds. The second-order valence-electron chi connectivity index (χ2n) is 7.84. The highest BCUT2D eigenvalue weighted by atomic mass is 32.1. The van der Waals surface area contributed by atoms with Gasteiger partial charge in [0, 0.05) is 29.7 Å². The summed E-state index contributed by atoms with van der Waals surface area (Å²) in [5.41, 5.74) is 4.05. The third kappa shape index (κ3) is 3.62. The standard InChI is InChI=1S/C21H22N4OS/c1-13-6-9-27-18(13)20(26)25-17-11-21(2,3)10-16-15(17)12-23-19(24-16)14-4-7-22-8-5-14/h4-9,12,17H,10-11H2,1-3H3,(H,25,26)/t17-/m0/s1. The van der Waals surface area contributed by atoms with E-state index in [4.69, 9.17) is 4.98 Å². The largest absolute Gasteiger partial charge is 0.344 e. The fourth-order valence-electron chi connectivity index (χ4n) is 3.65. The molecule has 5 nitrogen and oxygen atoms in total. The summed E-state index contributed by atoms with van der Waals surface area (Å²) >= 11 is 1.48. The highest BCUT2D eigenvalue weighted by molar-refractivity contribution is 7.12. The first-order valence-electron chi connectivity index (χ1n) is 9.04. The number of hydrogen-bond acceptors (Lipinski definition) is 5. The average Bonchev–Trinajstić information content (AvgIpc) is 3.07. The maximum absolute atomic E-state index is 12.8. The maximum Gasteiger partial charge on any atom is 0.262 e. The van der Waals surface area contributed by atoms with E-state index < -0.39 is 0 Å². The number of thiophene rings is 1. The number of fused-ring (bicyclic) bond motifs is 1. The zero-order valence-electron chi connectivity index (χ0n) is 15.7. The lowest BCUT2D eigenvalue weighted by Gasteiger charge is -2.36. The van der Waals surface area contributed by atoms with Crippen molar-refractivity contribution in [1.82, 2.24) is 20.3 Å². The van der Waals surface area contributed by atoms with E-state index in [0.29, 0.717) is 5.82 Å². The molecule has 27 heavy (non-hydrogen) atoms. The van der Waals surface area contributed by atoms with Crippen LogP contribution in [0.3, 0.4) is 0 Å². The van der Waals surface area contributed by atoms with Gasteiger partial charge in [0.25, 0.3) is 5.91 Å². The minimum absolute atomic E-state index is 0.0191. The second kappa shape index (κ2) is 6.85. The molecule has 3 heterocycles. The highest BCUT2D eigenvalue weighted by Crippen LogP contribution is 2.40. The Morgan fingerprint density at radius 1 is 1.26 bits per heavy atom. The molecule has 0 saturated heterocycles. The molecule has 0 saturated carbocycles. The topological polar surface area (TPSA) is 67.8 Å². The number of aromatic nitrogens is 3. The third-order valence-electron chi connectivity index (χ3n) is 4.99. The molecule has 0 aromatic carbocycles. The van der Waals surface area contributed by atoms with Crippen LogP contribution in [0, 0.1) is 12.3 Å². The fourth-order valence-corrected chi connectivity index (χ4v) is 4.47. The summed E-state index contributed by atoms with van der Waals surface area (Å²) in [5.74, 6) is 0.683. The number of pyridine rings is 1. The van der Waals surface area contributed by atoms with Gasteiger partial charge in [0.1, 0.15) is 0 Å². The molecule has 1 aliphatic rings. The van der Waals surface area contributed by atoms with Crippen molar-refractivity contribution in [3.63, 3.8) is 0 Å². The molecule has 138 valence electrons. The van der Waals surface area contributed by atoms with Crippen LogP contribution in [0.1, 0.15) is 52.8 Å². The molecule has 0 radical (unpaired) electrons. The number of aryl methyl sites for hydroxylation is 1. The molecule has 1 atom stereocenters. The normalized spacial score (nSPS) is 18.0. The minimum Gasteiger partial charge on any atom is -0.344 e. The van der Waals surface area contributed by atoms with Gasteiger partial charge < -0.3 is 5.32 Å². The first-order chi connectivity index (χ1) is 12.9. The van der Waals surface area contributed by atoms with E-state index in [9.17, 15) is 4.79 Å². The van der Waals surface area contributed by atoms with Crippen LogP contribution in [0.4, 0.5) is 0 Å². The first kappa shape index (κ1) is 17.8. The van der Waals surface area contributed by atoms with Gasteiger partial charge >= 0.3 is 0 Å². The summed E-state index contributed by atoms with van der Waals surface area (Å²) in [5, 5.41) is 5.17. The summed E-state index contributed by atoms with van der Waals surface area (Å²) in [6, 6.07) is 5.72. The van der Waals surface area contributed by atoms with Crippen LogP contribution in [-0.4, -0.2) is 20.9 Å². The van der Waals surface area contributed by atoms with Gasteiger partial charge in [-0.2, -0.15) is 0 Å². The maximum atomic E-state index is 12.8. The van der Waals surface area contributed by atoms with Gasteiger partial charge in [-0.15, -0.1) is 11.3 Å². The van der Waals surface area contributed by atoms with Crippen molar-refractivity contribution in [2.75, 3.05) is 0 Å². The Morgan fingerprint density at radius 3 is 2.74 bits per heavy atom. The molecular weight excluding hydrogens is 356 g/mol. The summed E-state index contributed by atoms with van der Waals surface area (Å²) in [7, 11) is 0. The van der Waals surface area contributed by atoms with Crippen LogP contribution in [0.5, 0.6) is 0 Å². The van der Waals surface area contributed by atoms with Crippen molar-refractivity contribution < 1.29 is 4.79 Å². The van der Waals surface area contributed by atoms with Gasteiger partial charge in [-0.25, -0.2) is 9.97 Å². The summed E-state index contributed by atoms with van der Waals surface area (Å²) < 4.78 is 0. The van der Waals surface area contributed by atoms with Crippen molar-refractivity contribution in [3.8, 4) is 11.4 Å². The average molecular weight is 379 g/mol. The Bertz CT molecular complexity index is 981. The Morgan fingerprint density at radius 2 is 2.04 bits per heavy atom. The van der Waals surface area contributed by atoms with Gasteiger partial charge in [-0.1, -0.05) is 13.8 Å². The summed E-state index contributed by atoms with van der Waals surface area (Å²) in [6.45, 7) is 6.41. The molecule has 0 spiro atoms. The number of amides is 1. The molecule has 4 rings (SSSR count). The summed E-state index contributed by atoms with van der Waals surface area (Å²) in [4.78, 5) is 27.0. The van der Waals surface area contributed by atoms with Gasteiger partial charge in [0.05, 0.1) is 16.6 Å². The van der Waals surface area contributed by atoms with E-state index in [2.05, 4.69) is 29.1 Å². The van der Waals surface area contributed by atoms with E-state index in [0.717, 1.165) is 40.1 Å². The van der Waals surface area contributed by atoms with E-state index in [-0.39, 0.29) is 17.4 Å². The molecule has 0 fully saturated rings. The van der Waals surface area contributed by atoms with Crippen molar-refractivity contribution in [2.24, 2.45) is 5.41 Å². The predicted octanol–water partition coefficient (Wildman–Crippen LogP) is 4.35. The van der Waals surface area contributed by atoms with Crippen LogP contribution in [0.2, 0.25) is 0 Å². The van der Waals surface area contributed by atoms with E-state index in [1.165, 1.54) is 11.3 Å². The van der Waals surface area contributed by atoms with Crippen molar-refractivity contribution in [3.05, 3.63) is 63.9 Å². The lowest BCUT2D eigenvalue weighted by atomic mass is 9.74. The monoisotopic (exact) mass is 378 g/mol. The first-order valence-corrected chi connectivity index (χ1v) is 9.92. The smallest absolute Gasteiger partial charge is 0.262 e. The molecule has 1 aliphatic carbocycles. The molecule has 0 unspecified atom stereocenters. The van der Waals surface area contributed by atoms with E-state index in [1.54, 1.807) is 12.4 Å². The van der Waals surface area contributed by atoms with Crippen molar-refractivity contribution >= 4 is 17.2 Å². The number of rotatable bonds is 3. The van der Waals surface area contributed by atoms with Crippen LogP contribution < -0.4 is 5.32 Å². The van der Waals surface area contributed by atoms with Gasteiger partial charge in [0.15, 0.2) is 5.82 Å².